The molecule has 0 radical (unpaired) electrons. The van der Waals surface area contributed by atoms with Crippen molar-refractivity contribution in [2.75, 3.05) is 6.61 Å². The van der Waals surface area contributed by atoms with Crippen LogP contribution in [0.5, 0.6) is 0 Å². The Morgan fingerprint density at radius 1 is 1.00 bits per heavy atom. The minimum Gasteiger partial charge on any atom is -0.481 e. The van der Waals surface area contributed by atoms with Crippen molar-refractivity contribution in [3.63, 3.8) is 0 Å². The Labute approximate surface area is 103 Å². The normalized spacial score (nSPS) is 14.1. The molecule has 2 atom stereocenters. The van der Waals surface area contributed by atoms with Crippen LogP contribution < -0.4 is 0 Å². The van der Waals surface area contributed by atoms with Crippen LogP contribution in [0.25, 0.3) is 0 Å². The van der Waals surface area contributed by atoms with E-state index in [1.165, 1.54) is 0 Å². The Kier molecular flexibility index (Phi) is 8.46. The lowest BCUT2D eigenvalue weighted by molar-refractivity contribution is -0.158. The maximum Gasteiger partial charge on any atom is 0.309 e. The lowest BCUT2D eigenvalue weighted by atomic mass is 9.85. The van der Waals surface area contributed by atoms with Crippen molar-refractivity contribution in [2.45, 2.75) is 52.9 Å². The fourth-order valence-electron chi connectivity index (χ4n) is 1.91. The zero-order valence-corrected chi connectivity index (χ0v) is 11.1. The van der Waals surface area contributed by atoms with E-state index in [1.54, 1.807) is 0 Å². The van der Waals surface area contributed by atoms with Gasteiger partial charge in [-0.2, -0.15) is 0 Å². The molecule has 1 N–H and O–H groups in total. The smallest absolute Gasteiger partial charge is 0.309 e. The van der Waals surface area contributed by atoms with Crippen molar-refractivity contribution >= 4 is 11.9 Å². The molecule has 0 unspecified atom stereocenters. The van der Waals surface area contributed by atoms with E-state index in [2.05, 4.69) is 0 Å². The average molecular weight is 244 g/mol. The van der Waals surface area contributed by atoms with Gasteiger partial charge < -0.3 is 9.84 Å². The Morgan fingerprint density at radius 2 is 1.53 bits per heavy atom. The summed E-state index contributed by atoms with van der Waals surface area (Å²) in [6, 6.07) is 0. The number of rotatable bonds is 9. The molecule has 0 heterocycles. The number of carboxylic acid groups (broad SMARTS) is 1. The molecular formula is C13H24O4. The van der Waals surface area contributed by atoms with Crippen LogP contribution in [0.4, 0.5) is 0 Å². The number of hydrogen-bond acceptors (Lipinski definition) is 3. The molecular weight excluding hydrogens is 220 g/mol. The van der Waals surface area contributed by atoms with Crippen LogP contribution in [0.1, 0.15) is 52.9 Å². The van der Waals surface area contributed by atoms with Gasteiger partial charge in [0.15, 0.2) is 0 Å². The second-order valence-corrected chi connectivity index (χ2v) is 4.30. The van der Waals surface area contributed by atoms with E-state index in [4.69, 9.17) is 9.84 Å². The highest BCUT2D eigenvalue weighted by molar-refractivity contribution is 5.81. The predicted octanol–water partition coefficient (Wildman–Crippen LogP) is 2.86. The summed E-state index contributed by atoms with van der Waals surface area (Å²) in [7, 11) is 0. The zero-order valence-electron chi connectivity index (χ0n) is 11.1. The minimum atomic E-state index is -0.890. The van der Waals surface area contributed by atoms with Gasteiger partial charge in [0.25, 0.3) is 0 Å². The molecule has 0 amide bonds. The topological polar surface area (TPSA) is 63.6 Å². The fourth-order valence-corrected chi connectivity index (χ4v) is 1.91. The highest BCUT2D eigenvalue weighted by Gasteiger charge is 2.33. The number of ether oxygens (including phenoxy) is 1. The second-order valence-electron chi connectivity index (χ2n) is 4.30. The first-order valence-electron chi connectivity index (χ1n) is 6.47. The predicted molar refractivity (Wildman–Crippen MR) is 65.7 cm³/mol. The SMILES string of the molecule is CCCOC(=O)[C@H](CCC)[C@H](CCC)C(=O)O. The van der Waals surface area contributed by atoms with Gasteiger partial charge in [0.1, 0.15) is 0 Å². The summed E-state index contributed by atoms with van der Waals surface area (Å²) in [6.07, 6.45) is 3.43. The first-order chi connectivity index (χ1) is 8.08. The third-order valence-corrected chi connectivity index (χ3v) is 2.75. The summed E-state index contributed by atoms with van der Waals surface area (Å²) in [5.41, 5.74) is 0. The Balaban J connectivity index is 4.64. The average Bonchev–Trinajstić information content (AvgIpc) is 2.30. The number of esters is 1. The number of carbonyl (C=O) groups is 2. The lowest BCUT2D eigenvalue weighted by Gasteiger charge is -2.21. The molecule has 0 rings (SSSR count). The summed E-state index contributed by atoms with van der Waals surface area (Å²) < 4.78 is 5.08. The molecule has 0 saturated heterocycles. The van der Waals surface area contributed by atoms with Crippen molar-refractivity contribution in [2.24, 2.45) is 11.8 Å². The molecule has 4 heteroatoms. The maximum atomic E-state index is 11.8. The highest BCUT2D eigenvalue weighted by Crippen LogP contribution is 2.24. The molecule has 4 nitrogen and oxygen atoms in total. The first-order valence-corrected chi connectivity index (χ1v) is 6.47. The van der Waals surface area contributed by atoms with Gasteiger partial charge in [-0.1, -0.05) is 33.6 Å². The number of carbonyl (C=O) groups excluding carboxylic acids is 1. The van der Waals surface area contributed by atoms with Crippen LogP contribution in [0.3, 0.4) is 0 Å². The summed E-state index contributed by atoms with van der Waals surface area (Å²) >= 11 is 0. The zero-order chi connectivity index (χ0) is 13.3. The van der Waals surface area contributed by atoms with E-state index in [-0.39, 0.29) is 5.97 Å². The molecule has 0 fully saturated rings. The largest absolute Gasteiger partial charge is 0.481 e. The van der Waals surface area contributed by atoms with Gasteiger partial charge in [0, 0.05) is 0 Å². The molecule has 0 aromatic rings. The van der Waals surface area contributed by atoms with Gasteiger partial charge in [0.2, 0.25) is 0 Å². The fraction of sp³-hybridized carbons (Fsp3) is 0.846. The van der Waals surface area contributed by atoms with Crippen molar-refractivity contribution in [1.29, 1.82) is 0 Å². The second kappa shape index (κ2) is 9.02. The Hall–Kier alpha value is -1.06. The number of aliphatic carboxylic acids is 1. The van der Waals surface area contributed by atoms with Crippen LogP contribution in [0.15, 0.2) is 0 Å². The van der Waals surface area contributed by atoms with E-state index >= 15 is 0 Å². The molecule has 0 aromatic carbocycles. The van der Waals surface area contributed by atoms with Gasteiger partial charge in [-0.05, 0) is 19.3 Å². The van der Waals surface area contributed by atoms with Crippen LogP contribution in [-0.4, -0.2) is 23.7 Å². The van der Waals surface area contributed by atoms with Crippen molar-refractivity contribution in [3.05, 3.63) is 0 Å². The highest BCUT2D eigenvalue weighted by atomic mass is 16.5. The standard InChI is InChI=1S/C13H24O4/c1-4-7-10(12(14)15)11(8-5-2)13(16)17-9-6-3/h10-11H,4-9H2,1-3H3,(H,14,15)/t10-,11+/m0/s1. The molecule has 0 bridgehead atoms. The molecule has 0 saturated carbocycles. The van der Waals surface area contributed by atoms with Crippen LogP contribution in [0.2, 0.25) is 0 Å². The monoisotopic (exact) mass is 244 g/mol. The lowest BCUT2D eigenvalue weighted by Crippen LogP contribution is -2.31. The number of hydrogen-bond donors (Lipinski definition) is 1. The third kappa shape index (κ3) is 5.71. The molecule has 100 valence electrons. The van der Waals surface area contributed by atoms with Gasteiger partial charge >= 0.3 is 11.9 Å². The van der Waals surface area contributed by atoms with E-state index in [1.807, 2.05) is 20.8 Å². The summed E-state index contributed by atoms with van der Waals surface area (Å²) in [6.45, 7) is 6.17. The first kappa shape index (κ1) is 15.9. The maximum absolute atomic E-state index is 11.8. The van der Waals surface area contributed by atoms with E-state index in [0.29, 0.717) is 19.4 Å². The van der Waals surface area contributed by atoms with E-state index < -0.39 is 17.8 Å². The molecule has 0 aliphatic rings. The van der Waals surface area contributed by atoms with Crippen LogP contribution in [-0.2, 0) is 14.3 Å². The van der Waals surface area contributed by atoms with Gasteiger partial charge in [-0.15, -0.1) is 0 Å². The Bertz CT molecular complexity index is 238. The van der Waals surface area contributed by atoms with Crippen LogP contribution in [0, 0.1) is 11.8 Å². The molecule has 0 aliphatic heterocycles. The molecule has 0 aromatic heterocycles. The van der Waals surface area contributed by atoms with Crippen LogP contribution >= 0.6 is 0 Å². The van der Waals surface area contributed by atoms with E-state index in [0.717, 1.165) is 19.3 Å². The minimum absolute atomic E-state index is 0.352. The molecule has 0 aliphatic carbocycles. The summed E-state index contributed by atoms with van der Waals surface area (Å²) in [5, 5.41) is 9.17. The van der Waals surface area contributed by atoms with E-state index in [9.17, 15) is 9.59 Å². The van der Waals surface area contributed by atoms with Crippen molar-refractivity contribution < 1.29 is 19.4 Å². The summed E-state index contributed by atoms with van der Waals surface area (Å²) in [5.74, 6) is -2.35. The Morgan fingerprint density at radius 3 is 1.94 bits per heavy atom. The van der Waals surface area contributed by atoms with Gasteiger partial charge in [-0.3, -0.25) is 9.59 Å². The quantitative estimate of drug-likeness (QED) is 0.633. The molecule has 0 spiro atoms. The van der Waals surface area contributed by atoms with Crippen molar-refractivity contribution in [3.8, 4) is 0 Å². The van der Waals surface area contributed by atoms with Crippen molar-refractivity contribution in [1.82, 2.24) is 0 Å². The number of carboxylic acids is 1. The summed E-state index contributed by atoms with van der Waals surface area (Å²) in [4.78, 5) is 23.0. The molecule has 17 heavy (non-hydrogen) atoms. The van der Waals surface area contributed by atoms with Gasteiger partial charge in [0.05, 0.1) is 18.4 Å². The third-order valence-electron chi connectivity index (χ3n) is 2.75. The van der Waals surface area contributed by atoms with Gasteiger partial charge in [-0.25, -0.2) is 0 Å².